The van der Waals surface area contributed by atoms with Crippen LogP contribution in [0, 0.1) is 17.1 Å². The summed E-state index contributed by atoms with van der Waals surface area (Å²) in [5.41, 5.74) is 0. The molecule has 1 rings (SSSR count). The summed E-state index contributed by atoms with van der Waals surface area (Å²) in [6.45, 7) is 0. The fourth-order valence-electron chi connectivity index (χ4n) is 0.806. The molecule has 0 nitrogen and oxygen atoms in total. The van der Waals surface area contributed by atoms with Crippen LogP contribution in [0.4, 0.5) is 0 Å². The van der Waals surface area contributed by atoms with Gasteiger partial charge in [-0.25, -0.2) is 0 Å². The normalized spacial score (nSPS) is 16.6. The maximum atomic E-state index is 3.12. The monoisotopic (exact) mass is 140 g/mol. The molecule has 1 heteroatoms. The first kappa shape index (κ1) is 7.02. The molecular formula is C8H12S. The van der Waals surface area contributed by atoms with Gasteiger partial charge in [-0.2, -0.15) is 0 Å². The van der Waals surface area contributed by atoms with E-state index >= 15 is 0 Å². The van der Waals surface area contributed by atoms with Crippen LogP contribution in [0.2, 0.25) is 0 Å². The molecule has 0 aliphatic heterocycles. The van der Waals surface area contributed by atoms with Crippen molar-refractivity contribution in [2.75, 3.05) is 6.26 Å². The molecule has 0 bridgehead atoms. The fourth-order valence-corrected chi connectivity index (χ4v) is 1.05. The van der Waals surface area contributed by atoms with Crippen molar-refractivity contribution in [1.29, 1.82) is 0 Å². The second kappa shape index (κ2) is 3.85. The van der Waals surface area contributed by atoms with Gasteiger partial charge in [0.1, 0.15) is 0 Å². The highest BCUT2D eigenvalue weighted by molar-refractivity contribution is 8.03. The van der Waals surface area contributed by atoms with Crippen molar-refractivity contribution < 1.29 is 0 Å². The molecule has 0 spiro atoms. The van der Waals surface area contributed by atoms with E-state index < -0.39 is 0 Å². The molecule has 9 heavy (non-hydrogen) atoms. The van der Waals surface area contributed by atoms with E-state index in [1.807, 2.05) is 6.26 Å². The Morgan fingerprint density at radius 2 is 2.33 bits per heavy atom. The van der Waals surface area contributed by atoms with Crippen molar-refractivity contribution in [2.24, 2.45) is 5.92 Å². The third kappa shape index (κ3) is 3.48. The maximum absolute atomic E-state index is 3.12. The number of thioether (sulfide) groups is 1. The zero-order valence-electron chi connectivity index (χ0n) is 5.81. The smallest absolute Gasteiger partial charge is 0.0100 e. The van der Waals surface area contributed by atoms with Crippen molar-refractivity contribution in [1.82, 2.24) is 0 Å². The van der Waals surface area contributed by atoms with Crippen LogP contribution in [-0.2, 0) is 0 Å². The Hall–Kier alpha value is -0.0900. The van der Waals surface area contributed by atoms with E-state index in [-0.39, 0.29) is 0 Å². The van der Waals surface area contributed by atoms with Crippen molar-refractivity contribution in [2.45, 2.75) is 25.7 Å². The van der Waals surface area contributed by atoms with Crippen LogP contribution >= 0.6 is 11.8 Å². The zero-order valence-corrected chi connectivity index (χ0v) is 6.63. The summed E-state index contributed by atoms with van der Waals surface area (Å²) < 4.78 is 0. The van der Waals surface area contributed by atoms with Gasteiger partial charge >= 0.3 is 0 Å². The number of hydrogen-bond acceptors (Lipinski definition) is 1. The molecule has 0 heterocycles. The van der Waals surface area contributed by atoms with E-state index in [9.17, 15) is 0 Å². The zero-order chi connectivity index (χ0) is 6.53. The second-order valence-electron chi connectivity index (χ2n) is 2.47. The molecule has 0 radical (unpaired) electrons. The van der Waals surface area contributed by atoms with E-state index in [1.165, 1.54) is 19.3 Å². The van der Waals surface area contributed by atoms with Gasteiger partial charge in [0.25, 0.3) is 0 Å². The van der Waals surface area contributed by atoms with Gasteiger partial charge in [0.2, 0.25) is 0 Å². The summed E-state index contributed by atoms with van der Waals surface area (Å²) in [6.07, 6.45) is 7.39. The van der Waals surface area contributed by atoms with E-state index in [4.69, 9.17) is 0 Å². The summed E-state index contributed by atoms with van der Waals surface area (Å²) in [6, 6.07) is 0. The standard InChI is InChI=1S/C8H12S/c1-9-7-3-2-4-8-5-6-8/h8H,2,4-6H2,1H3. The summed E-state index contributed by atoms with van der Waals surface area (Å²) in [7, 11) is 0. The van der Waals surface area contributed by atoms with Gasteiger partial charge in [0, 0.05) is 6.42 Å². The molecular weight excluding hydrogens is 128 g/mol. The van der Waals surface area contributed by atoms with Crippen LogP contribution in [0.15, 0.2) is 0 Å². The Morgan fingerprint density at radius 3 is 2.89 bits per heavy atom. The van der Waals surface area contributed by atoms with Crippen molar-refractivity contribution >= 4 is 11.8 Å². The molecule has 0 atom stereocenters. The van der Waals surface area contributed by atoms with E-state index in [1.54, 1.807) is 11.8 Å². The molecule has 1 aliphatic rings. The molecule has 0 aromatic carbocycles. The number of rotatable bonds is 2. The molecule has 50 valence electrons. The van der Waals surface area contributed by atoms with E-state index in [2.05, 4.69) is 11.2 Å². The lowest BCUT2D eigenvalue weighted by atomic mass is 10.2. The summed E-state index contributed by atoms with van der Waals surface area (Å²) in [4.78, 5) is 0. The molecule has 0 N–H and O–H groups in total. The van der Waals surface area contributed by atoms with Crippen molar-refractivity contribution in [3.8, 4) is 11.2 Å². The molecule has 1 aliphatic carbocycles. The van der Waals surface area contributed by atoms with Crippen LogP contribution in [0.5, 0.6) is 0 Å². The highest BCUT2D eigenvalue weighted by atomic mass is 32.2. The van der Waals surface area contributed by atoms with Crippen LogP contribution in [0.1, 0.15) is 25.7 Å². The van der Waals surface area contributed by atoms with Crippen LogP contribution < -0.4 is 0 Å². The predicted octanol–water partition coefficient (Wildman–Crippen LogP) is 2.50. The van der Waals surface area contributed by atoms with E-state index in [0.717, 1.165) is 12.3 Å². The SMILES string of the molecule is CSC#CCCC1CC1. The Bertz CT molecular complexity index is 125. The third-order valence-corrected chi connectivity index (χ3v) is 1.90. The Kier molecular flexibility index (Phi) is 3.00. The van der Waals surface area contributed by atoms with Gasteiger partial charge in [0.15, 0.2) is 0 Å². The molecule has 1 saturated carbocycles. The van der Waals surface area contributed by atoms with Gasteiger partial charge in [-0.15, -0.1) is 0 Å². The lowest BCUT2D eigenvalue weighted by molar-refractivity contribution is 0.752. The summed E-state index contributed by atoms with van der Waals surface area (Å²) >= 11 is 1.61. The van der Waals surface area contributed by atoms with Gasteiger partial charge in [-0.3, -0.25) is 0 Å². The first-order valence-electron chi connectivity index (χ1n) is 3.44. The van der Waals surface area contributed by atoms with Crippen LogP contribution in [0.25, 0.3) is 0 Å². The third-order valence-electron chi connectivity index (χ3n) is 1.55. The molecule has 0 aromatic heterocycles. The quantitative estimate of drug-likeness (QED) is 0.531. The molecule has 1 fully saturated rings. The largest absolute Gasteiger partial charge is 0.0913 e. The van der Waals surface area contributed by atoms with Crippen molar-refractivity contribution in [3.05, 3.63) is 0 Å². The molecule has 0 aromatic rings. The highest BCUT2D eigenvalue weighted by Gasteiger charge is 2.19. The molecule has 0 unspecified atom stereocenters. The Morgan fingerprint density at radius 1 is 1.56 bits per heavy atom. The lowest BCUT2D eigenvalue weighted by Gasteiger charge is -1.84. The predicted molar refractivity (Wildman–Crippen MR) is 43.2 cm³/mol. The van der Waals surface area contributed by atoms with Gasteiger partial charge in [-0.05, 0) is 23.8 Å². The average molecular weight is 140 g/mol. The molecule has 0 saturated heterocycles. The average Bonchev–Trinajstić information content (AvgIpc) is 2.63. The number of hydrogen-bond donors (Lipinski definition) is 0. The van der Waals surface area contributed by atoms with Gasteiger partial charge in [0.05, 0.1) is 0 Å². The van der Waals surface area contributed by atoms with Crippen LogP contribution in [0.3, 0.4) is 0 Å². The minimum absolute atomic E-state index is 1.04. The highest BCUT2D eigenvalue weighted by Crippen LogP contribution is 2.33. The topological polar surface area (TPSA) is 0 Å². The van der Waals surface area contributed by atoms with Crippen LogP contribution in [-0.4, -0.2) is 6.26 Å². The van der Waals surface area contributed by atoms with E-state index in [0.29, 0.717) is 0 Å². The summed E-state index contributed by atoms with van der Waals surface area (Å²) in [5, 5.41) is 3.00. The lowest BCUT2D eigenvalue weighted by Crippen LogP contribution is -1.71. The van der Waals surface area contributed by atoms with Gasteiger partial charge < -0.3 is 0 Å². The first-order valence-corrected chi connectivity index (χ1v) is 4.67. The molecule has 0 amide bonds. The Labute approximate surface area is 61.4 Å². The summed E-state index contributed by atoms with van der Waals surface area (Å²) in [5.74, 6) is 4.16. The minimum atomic E-state index is 1.04. The minimum Gasteiger partial charge on any atom is -0.0913 e. The fraction of sp³-hybridized carbons (Fsp3) is 0.750. The Balaban J connectivity index is 1.91. The second-order valence-corrected chi connectivity index (χ2v) is 3.08. The first-order chi connectivity index (χ1) is 4.43. The van der Waals surface area contributed by atoms with Crippen molar-refractivity contribution in [3.63, 3.8) is 0 Å². The maximum Gasteiger partial charge on any atom is 0.0100 e. The van der Waals surface area contributed by atoms with Gasteiger partial charge in [-0.1, -0.05) is 30.5 Å².